The molecule has 0 aliphatic carbocycles. The van der Waals surface area contributed by atoms with Gasteiger partial charge in [0.25, 0.3) is 0 Å². The van der Waals surface area contributed by atoms with Gasteiger partial charge in [-0.15, -0.1) is 0 Å². The number of rotatable bonds is 9. The Kier molecular flexibility index (Phi) is 7.76. The summed E-state index contributed by atoms with van der Waals surface area (Å²) in [5.74, 6) is 1.60. The van der Waals surface area contributed by atoms with Crippen molar-refractivity contribution in [1.82, 2.24) is 0 Å². The van der Waals surface area contributed by atoms with Gasteiger partial charge < -0.3 is 15.6 Å². The van der Waals surface area contributed by atoms with Crippen LogP contribution in [0.1, 0.15) is 55.7 Å². The monoisotopic (exact) mass is 293 g/mol. The number of aryl methyl sites for hydroxylation is 2. The van der Waals surface area contributed by atoms with E-state index in [1.807, 2.05) is 0 Å². The zero-order valence-electron chi connectivity index (χ0n) is 14.0. The van der Waals surface area contributed by atoms with E-state index in [-0.39, 0.29) is 12.5 Å². The van der Waals surface area contributed by atoms with E-state index < -0.39 is 0 Å². The molecule has 0 spiro atoms. The van der Waals surface area contributed by atoms with Crippen molar-refractivity contribution in [2.24, 2.45) is 11.7 Å². The number of hydrogen-bond donors (Lipinski definition) is 2. The number of nitrogens with two attached hydrogens (primary N) is 1. The fourth-order valence-corrected chi connectivity index (χ4v) is 3.02. The predicted molar refractivity (Wildman–Crippen MR) is 89.0 cm³/mol. The second-order valence-electron chi connectivity index (χ2n) is 5.94. The maximum absolute atomic E-state index is 9.40. The lowest BCUT2D eigenvalue weighted by molar-refractivity contribution is 0.214. The van der Waals surface area contributed by atoms with Crippen molar-refractivity contribution in [1.29, 1.82) is 0 Å². The van der Waals surface area contributed by atoms with Crippen molar-refractivity contribution < 1.29 is 9.84 Å². The van der Waals surface area contributed by atoms with Gasteiger partial charge in [0.2, 0.25) is 0 Å². The Morgan fingerprint density at radius 2 is 1.81 bits per heavy atom. The van der Waals surface area contributed by atoms with Crippen LogP contribution in [0.5, 0.6) is 5.75 Å². The topological polar surface area (TPSA) is 55.5 Å². The Balaban J connectivity index is 2.98. The molecule has 3 heteroatoms. The predicted octanol–water partition coefficient (Wildman–Crippen LogP) is 3.54. The molecule has 0 bridgehead atoms. The van der Waals surface area contributed by atoms with E-state index in [1.54, 1.807) is 0 Å². The van der Waals surface area contributed by atoms with Gasteiger partial charge in [0.1, 0.15) is 5.75 Å². The van der Waals surface area contributed by atoms with Gasteiger partial charge >= 0.3 is 0 Å². The van der Waals surface area contributed by atoms with Gasteiger partial charge in [-0.3, -0.25) is 0 Å². The standard InChI is InChI=1S/C18H31NO2/c1-5-7-21-17-8-13(3)18(14(4)9-17)16(6-2)10-15(11-19)12-20/h8-9,15-16,20H,5-7,10-12,19H2,1-4H3. The molecule has 0 radical (unpaired) electrons. The van der Waals surface area contributed by atoms with E-state index in [2.05, 4.69) is 39.8 Å². The first-order chi connectivity index (χ1) is 10.1. The Hall–Kier alpha value is -1.06. The summed E-state index contributed by atoms with van der Waals surface area (Å²) in [6.07, 6.45) is 3.03. The second kappa shape index (κ2) is 9.06. The van der Waals surface area contributed by atoms with Crippen molar-refractivity contribution in [2.45, 2.75) is 52.9 Å². The number of benzene rings is 1. The van der Waals surface area contributed by atoms with Gasteiger partial charge in [-0.25, -0.2) is 0 Å². The SMILES string of the molecule is CCCOc1cc(C)c(C(CC)CC(CN)CO)c(C)c1. The molecule has 2 unspecified atom stereocenters. The highest BCUT2D eigenvalue weighted by atomic mass is 16.5. The highest BCUT2D eigenvalue weighted by Gasteiger charge is 2.19. The summed E-state index contributed by atoms with van der Waals surface area (Å²) in [4.78, 5) is 0. The molecule has 21 heavy (non-hydrogen) atoms. The average molecular weight is 293 g/mol. The lowest BCUT2D eigenvalue weighted by atomic mass is 9.82. The van der Waals surface area contributed by atoms with Crippen LogP contribution < -0.4 is 10.5 Å². The van der Waals surface area contributed by atoms with Crippen LogP contribution in [0.25, 0.3) is 0 Å². The molecule has 0 saturated heterocycles. The quantitative estimate of drug-likeness (QED) is 0.732. The molecule has 1 aromatic rings. The number of hydrogen-bond acceptors (Lipinski definition) is 3. The summed E-state index contributed by atoms with van der Waals surface area (Å²) in [5, 5.41) is 9.40. The second-order valence-corrected chi connectivity index (χ2v) is 5.94. The van der Waals surface area contributed by atoms with Crippen molar-refractivity contribution >= 4 is 0 Å². The molecule has 0 aliphatic rings. The number of aliphatic hydroxyl groups is 1. The number of aliphatic hydroxyl groups excluding tert-OH is 1. The molecule has 1 aromatic carbocycles. The zero-order valence-corrected chi connectivity index (χ0v) is 14.0. The van der Waals surface area contributed by atoms with Crippen LogP contribution in [0.3, 0.4) is 0 Å². The molecular formula is C18H31NO2. The van der Waals surface area contributed by atoms with E-state index in [4.69, 9.17) is 10.5 Å². The van der Waals surface area contributed by atoms with Crippen LogP contribution in [-0.2, 0) is 0 Å². The minimum atomic E-state index is 0.169. The molecule has 0 saturated carbocycles. The van der Waals surface area contributed by atoms with E-state index >= 15 is 0 Å². The molecule has 0 fully saturated rings. The fraction of sp³-hybridized carbons (Fsp3) is 0.667. The summed E-state index contributed by atoms with van der Waals surface area (Å²) < 4.78 is 5.75. The van der Waals surface area contributed by atoms with Crippen LogP contribution in [0.15, 0.2) is 12.1 Å². The van der Waals surface area contributed by atoms with Gasteiger partial charge in [0.15, 0.2) is 0 Å². The third kappa shape index (κ3) is 5.01. The van der Waals surface area contributed by atoms with Crippen molar-refractivity contribution in [3.63, 3.8) is 0 Å². The lowest BCUT2D eigenvalue weighted by Crippen LogP contribution is -2.21. The highest BCUT2D eigenvalue weighted by molar-refractivity contribution is 5.43. The Bertz CT molecular complexity index is 404. The lowest BCUT2D eigenvalue weighted by Gasteiger charge is -2.24. The average Bonchev–Trinajstić information content (AvgIpc) is 2.47. The van der Waals surface area contributed by atoms with E-state index in [0.717, 1.165) is 31.6 Å². The Morgan fingerprint density at radius 1 is 1.19 bits per heavy atom. The first kappa shape index (κ1) is 18.0. The highest BCUT2D eigenvalue weighted by Crippen LogP contribution is 2.34. The normalized spacial score (nSPS) is 14.0. The molecule has 2 atom stereocenters. The smallest absolute Gasteiger partial charge is 0.119 e. The summed E-state index contributed by atoms with van der Waals surface area (Å²) in [6.45, 7) is 10.1. The van der Waals surface area contributed by atoms with Crippen LogP contribution in [0.2, 0.25) is 0 Å². The van der Waals surface area contributed by atoms with Crippen LogP contribution in [-0.4, -0.2) is 24.9 Å². The van der Waals surface area contributed by atoms with E-state index in [1.165, 1.54) is 16.7 Å². The van der Waals surface area contributed by atoms with Crippen molar-refractivity contribution in [3.8, 4) is 5.75 Å². The number of ether oxygens (including phenoxy) is 1. The summed E-state index contributed by atoms with van der Waals surface area (Å²) in [6, 6.07) is 4.27. The molecule has 0 amide bonds. The van der Waals surface area contributed by atoms with Gasteiger partial charge in [-0.05, 0) is 80.3 Å². The Morgan fingerprint density at radius 3 is 2.24 bits per heavy atom. The molecule has 0 aromatic heterocycles. The first-order valence-corrected chi connectivity index (χ1v) is 8.12. The molecule has 3 N–H and O–H groups in total. The first-order valence-electron chi connectivity index (χ1n) is 8.12. The van der Waals surface area contributed by atoms with Gasteiger partial charge in [0, 0.05) is 6.61 Å². The molecule has 0 heterocycles. The van der Waals surface area contributed by atoms with Crippen LogP contribution in [0.4, 0.5) is 0 Å². The van der Waals surface area contributed by atoms with Gasteiger partial charge in [-0.1, -0.05) is 13.8 Å². The molecular weight excluding hydrogens is 262 g/mol. The summed E-state index contributed by atoms with van der Waals surface area (Å²) >= 11 is 0. The molecule has 1 rings (SSSR count). The van der Waals surface area contributed by atoms with Crippen LogP contribution >= 0.6 is 0 Å². The van der Waals surface area contributed by atoms with Crippen molar-refractivity contribution in [3.05, 3.63) is 28.8 Å². The third-order valence-corrected chi connectivity index (χ3v) is 4.15. The zero-order chi connectivity index (χ0) is 15.8. The minimum Gasteiger partial charge on any atom is -0.494 e. The molecule has 3 nitrogen and oxygen atoms in total. The summed E-state index contributed by atoms with van der Waals surface area (Å²) in [7, 11) is 0. The Labute approximate surface area is 129 Å². The fourth-order valence-electron chi connectivity index (χ4n) is 3.02. The maximum Gasteiger partial charge on any atom is 0.119 e. The minimum absolute atomic E-state index is 0.169. The maximum atomic E-state index is 9.40. The van der Waals surface area contributed by atoms with E-state index in [9.17, 15) is 5.11 Å². The third-order valence-electron chi connectivity index (χ3n) is 4.15. The van der Waals surface area contributed by atoms with Crippen molar-refractivity contribution in [2.75, 3.05) is 19.8 Å². The van der Waals surface area contributed by atoms with Gasteiger partial charge in [0.05, 0.1) is 6.61 Å². The van der Waals surface area contributed by atoms with Gasteiger partial charge in [-0.2, -0.15) is 0 Å². The molecule has 120 valence electrons. The molecule has 0 aliphatic heterocycles. The summed E-state index contributed by atoms with van der Waals surface area (Å²) in [5.41, 5.74) is 9.69. The largest absolute Gasteiger partial charge is 0.494 e. The van der Waals surface area contributed by atoms with Crippen LogP contribution in [0, 0.1) is 19.8 Å². The van der Waals surface area contributed by atoms with E-state index in [0.29, 0.717) is 12.5 Å².